The second-order valence-electron chi connectivity index (χ2n) is 5.90. The average Bonchev–Trinajstić information content (AvgIpc) is 2.48. The SMILES string of the molecule is CCc1ccc(OCC(=O)NC2CCCCCCC2)cc1. The van der Waals surface area contributed by atoms with E-state index >= 15 is 0 Å². The van der Waals surface area contributed by atoms with Gasteiger partial charge in [0.2, 0.25) is 0 Å². The maximum absolute atomic E-state index is 12.0. The highest BCUT2D eigenvalue weighted by molar-refractivity contribution is 5.77. The minimum absolute atomic E-state index is 0.000131. The van der Waals surface area contributed by atoms with Crippen molar-refractivity contribution < 1.29 is 9.53 Å². The molecule has 1 aromatic rings. The Morgan fingerprint density at radius 1 is 1.10 bits per heavy atom. The lowest BCUT2D eigenvalue weighted by Crippen LogP contribution is -2.38. The van der Waals surface area contributed by atoms with E-state index in [9.17, 15) is 4.79 Å². The Balaban J connectivity index is 1.72. The van der Waals surface area contributed by atoms with E-state index in [0.717, 1.165) is 25.0 Å². The summed E-state index contributed by atoms with van der Waals surface area (Å²) >= 11 is 0. The fourth-order valence-electron chi connectivity index (χ4n) is 2.84. The quantitative estimate of drug-likeness (QED) is 0.894. The van der Waals surface area contributed by atoms with Crippen LogP contribution in [0, 0.1) is 0 Å². The van der Waals surface area contributed by atoms with Crippen LogP contribution in [-0.4, -0.2) is 18.6 Å². The van der Waals surface area contributed by atoms with Gasteiger partial charge in [-0.1, -0.05) is 51.2 Å². The molecular weight excluding hydrogens is 262 g/mol. The first-order valence-electron chi connectivity index (χ1n) is 8.29. The lowest BCUT2D eigenvalue weighted by Gasteiger charge is -2.21. The van der Waals surface area contributed by atoms with Crippen LogP contribution in [0.4, 0.5) is 0 Å². The van der Waals surface area contributed by atoms with Crippen molar-refractivity contribution in [3.63, 3.8) is 0 Å². The fraction of sp³-hybridized carbons (Fsp3) is 0.611. The van der Waals surface area contributed by atoms with Crippen molar-refractivity contribution in [2.75, 3.05) is 6.61 Å². The van der Waals surface area contributed by atoms with Crippen molar-refractivity contribution >= 4 is 5.91 Å². The summed E-state index contributed by atoms with van der Waals surface area (Å²) < 4.78 is 5.55. The first kappa shape index (κ1) is 15.9. The third-order valence-corrected chi connectivity index (χ3v) is 4.17. The smallest absolute Gasteiger partial charge is 0.258 e. The van der Waals surface area contributed by atoms with Gasteiger partial charge in [0, 0.05) is 6.04 Å². The summed E-state index contributed by atoms with van der Waals surface area (Å²) in [5, 5.41) is 3.12. The van der Waals surface area contributed by atoms with Gasteiger partial charge in [0.1, 0.15) is 5.75 Å². The molecule has 3 heteroatoms. The Morgan fingerprint density at radius 3 is 2.33 bits per heavy atom. The third kappa shape index (κ3) is 5.78. The van der Waals surface area contributed by atoms with Gasteiger partial charge in [-0.2, -0.15) is 0 Å². The number of nitrogens with one attached hydrogen (secondary N) is 1. The minimum Gasteiger partial charge on any atom is -0.484 e. The lowest BCUT2D eigenvalue weighted by molar-refractivity contribution is -0.123. The summed E-state index contributed by atoms with van der Waals surface area (Å²) in [6.45, 7) is 2.24. The van der Waals surface area contributed by atoms with Crippen LogP contribution in [0.25, 0.3) is 0 Å². The van der Waals surface area contributed by atoms with Crippen molar-refractivity contribution in [3.05, 3.63) is 29.8 Å². The minimum atomic E-state index is 0.000131. The number of benzene rings is 1. The average molecular weight is 289 g/mol. The molecule has 0 aliphatic heterocycles. The highest BCUT2D eigenvalue weighted by Crippen LogP contribution is 2.17. The second-order valence-corrected chi connectivity index (χ2v) is 5.90. The highest BCUT2D eigenvalue weighted by Gasteiger charge is 2.14. The summed E-state index contributed by atoms with van der Waals surface area (Å²) in [5.74, 6) is 0.764. The van der Waals surface area contributed by atoms with Gasteiger partial charge < -0.3 is 10.1 Å². The number of rotatable bonds is 5. The van der Waals surface area contributed by atoms with Crippen LogP contribution >= 0.6 is 0 Å². The van der Waals surface area contributed by atoms with Gasteiger partial charge in [-0.05, 0) is 37.0 Å². The molecule has 0 heterocycles. The van der Waals surface area contributed by atoms with Gasteiger partial charge in [-0.25, -0.2) is 0 Å². The fourth-order valence-corrected chi connectivity index (χ4v) is 2.84. The molecule has 0 bridgehead atoms. The van der Waals surface area contributed by atoms with Crippen molar-refractivity contribution in [1.29, 1.82) is 0 Å². The van der Waals surface area contributed by atoms with E-state index in [1.807, 2.05) is 24.3 Å². The van der Waals surface area contributed by atoms with Gasteiger partial charge in [0.25, 0.3) is 5.91 Å². The first-order valence-corrected chi connectivity index (χ1v) is 8.29. The zero-order chi connectivity index (χ0) is 14.9. The number of carbonyl (C=O) groups is 1. The summed E-state index contributed by atoms with van der Waals surface area (Å²) in [7, 11) is 0. The van der Waals surface area contributed by atoms with Crippen molar-refractivity contribution in [1.82, 2.24) is 5.32 Å². The van der Waals surface area contributed by atoms with Crippen LogP contribution in [0.15, 0.2) is 24.3 Å². The summed E-state index contributed by atoms with van der Waals surface area (Å²) in [4.78, 5) is 12.0. The number of ether oxygens (including phenoxy) is 1. The largest absolute Gasteiger partial charge is 0.484 e. The molecule has 0 unspecified atom stereocenters. The molecule has 3 nitrogen and oxygen atoms in total. The molecular formula is C18H27NO2. The summed E-state index contributed by atoms with van der Waals surface area (Å²) in [6, 6.07) is 8.29. The number of hydrogen-bond donors (Lipinski definition) is 1. The number of carbonyl (C=O) groups excluding carboxylic acids is 1. The number of aryl methyl sites for hydroxylation is 1. The van der Waals surface area contributed by atoms with Crippen LogP contribution in [0.3, 0.4) is 0 Å². The van der Waals surface area contributed by atoms with E-state index in [1.54, 1.807) is 0 Å². The number of hydrogen-bond acceptors (Lipinski definition) is 2. The van der Waals surface area contributed by atoms with Crippen LogP contribution < -0.4 is 10.1 Å². The Hall–Kier alpha value is -1.51. The highest BCUT2D eigenvalue weighted by atomic mass is 16.5. The summed E-state index contributed by atoms with van der Waals surface area (Å²) in [6.07, 6.45) is 9.63. The van der Waals surface area contributed by atoms with E-state index in [-0.39, 0.29) is 12.5 Å². The van der Waals surface area contributed by atoms with Crippen molar-refractivity contribution in [2.24, 2.45) is 0 Å². The Morgan fingerprint density at radius 2 is 1.71 bits per heavy atom. The van der Waals surface area contributed by atoms with Crippen molar-refractivity contribution in [2.45, 2.75) is 64.3 Å². The zero-order valence-electron chi connectivity index (χ0n) is 13.1. The molecule has 1 fully saturated rings. The first-order chi connectivity index (χ1) is 10.3. The molecule has 21 heavy (non-hydrogen) atoms. The van der Waals surface area contributed by atoms with Crippen LogP contribution in [-0.2, 0) is 11.2 Å². The maximum Gasteiger partial charge on any atom is 0.258 e. The molecule has 0 atom stereocenters. The molecule has 0 spiro atoms. The molecule has 1 aliphatic rings. The molecule has 116 valence electrons. The van der Waals surface area contributed by atoms with Crippen molar-refractivity contribution in [3.8, 4) is 5.75 Å². The predicted molar refractivity (Wildman–Crippen MR) is 85.6 cm³/mol. The Kier molecular flexibility index (Phi) is 6.58. The Labute approximate surface area is 128 Å². The monoisotopic (exact) mass is 289 g/mol. The van der Waals surface area contributed by atoms with Gasteiger partial charge in [0.05, 0.1) is 0 Å². The standard InChI is InChI=1S/C18H27NO2/c1-2-15-10-12-17(13-11-15)21-14-18(20)19-16-8-6-4-3-5-7-9-16/h10-13,16H,2-9,14H2,1H3,(H,19,20). The molecule has 1 N–H and O–H groups in total. The zero-order valence-corrected chi connectivity index (χ0v) is 13.1. The Bertz CT molecular complexity index is 419. The molecule has 0 aromatic heterocycles. The van der Waals surface area contributed by atoms with Gasteiger partial charge in [-0.3, -0.25) is 4.79 Å². The van der Waals surface area contributed by atoms with E-state index in [1.165, 1.54) is 37.7 Å². The molecule has 1 amide bonds. The molecule has 1 aliphatic carbocycles. The molecule has 0 radical (unpaired) electrons. The van der Waals surface area contributed by atoms with Crippen LogP contribution in [0.2, 0.25) is 0 Å². The van der Waals surface area contributed by atoms with Gasteiger partial charge in [0.15, 0.2) is 6.61 Å². The predicted octanol–water partition coefficient (Wildman–Crippen LogP) is 3.86. The molecule has 2 rings (SSSR count). The number of amides is 1. The van der Waals surface area contributed by atoms with Gasteiger partial charge >= 0.3 is 0 Å². The van der Waals surface area contributed by atoms with Crippen LogP contribution in [0.5, 0.6) is 5.75 Å². The van der Waals surface area contributed by atoms with Crippen LogP contribution in [0.1, 0.15) is 57.4 Å². The third-order valence-electron chi connectivity index (χ3n) is 4.17. The summed E-state index contributed by atoms with van der Waals surface area (Å²) in [5.41, 5.74) is 1.28. The molecule has 1 saturated carbocycles. The van der Waals surface area contributed by atoms with E-state index in [2.05, 4.69) is 12.2 Å². The second kappa shape index (κ2) is 8.71. The normalized spacial score (nSPS) is 16.8. The maximum atomic E-state index is 12.0. The van der Waals surface area contributed by atoms with E-state index in [4.69, 9.17) is 4.74 Å². The lowest BCUT2D eigenvalue weighted by atomic mass is 9.97. The topological polar surface area (TPSA) is 38.3 Å². The van der Waals surface area contributed by atoms with E-state index < -0.39 is 0 Å². The van der Waals surface area contributed by atoms with Gasteiger partial charge in [-0.15, -0.1) is 0 Å². The molecule has 0 saturated heterocycles. The van der Waals surface area contributed by atoms with E-state index in [0.29, 0.717) is 6.04 Å². The molecule has 1 aromatic carbocycles.